The van der Waals surface area contributed by atoms with Gasteiger partial charge in [0.1, 0.15) is 23.2 Å². The van der Waals surface area contributed by atoms with Crippen LogP contribution in [0.5, 0.6) is 0 Å². The molecule has 0 N–H and O–H groups in total. The third-order valence-corrected chi connectivity index (χ3v) is 13.3. The Balaban J connectivity index is 1.35. The molecule has 0 radical (unpaired) electrons. The molecule has 0 amide bonds. The summed E-state index contributed by atoms with van der Waals surface area (Å²) < 4.78 is 13.0. The first kappa shape index (κ1) is 32.8. The van der Waals surface area contributed by atoms with E-state index in [4.69, 9.17) is 9.47 Å². The lowest BCUT2D eigenvalue weighted by atomic mass is 9.93. The number of hydrogen-bond acceptors (Lipinski definition) is 2. The highest BCUT2D eigenvalue weighted by Gasteiger charge is 2.46. The smallest absolute Gasteiger partial charge is 0.112 e. The van der Waals surface area contributed by atoms with E-state index in [0.717, 1.165) is 38.5 Å². The third kappa shape index (κ3) is 9.24. The fraction of sp³-hybridized carbons (Fsp3) is 0.286. The molecule has 5 aromatic rings. The Morgan fingerprint density at radius 3 is 1.44 bits per heavy atom. The van der Waals surface area contributed by atoms with Gasteiger partial charge in [-0.1, -0.05) is 129 Å². The van der Waals surface area contributed by atoms with Crippen LogP contribution in [0.1, 0.15) is 50.7 Å². The maximum absolute atomic E-state index is 6.93. The van der Waals surface area contributed by atoms with Gasteiger partial charge in [0, 0.05) is 13.0 Å². The summed E-state index contributed by atoms with van der Waals surface area (Å²) in [5.74, 6) is 0.497. The molecule has 0 saturated carbocycles. The van der Waals surface area contributed by atoms with E-state index in [9.17, 15) is 0 Å². The van der Waals surface area contributed by atoms with Crippen LogP contribution >= 0.6 is 7.26 Å². The van der Waals surface area contributed by atoms with Crippen LogP contribution < -0.4 is 15.9 Å². The van der Waals surface area contributed by atoms with Gasteiger partial charge >= 0.3 is 0 Å². The van der Waals surface area contributed by atoms with Crippen LogP contribution in [0.3, 0.4) is 0 Å². The summed E-state index contributed by atoms with van der Waals surface area (Å²) >= 11 is 0. The van der Waals surface area contributed by atoms with E-state index >= 15 is 0 Å². The Bertz CT molecular complexity index is 1410. The minimum atomic E-state index is -1.94. The van der Waals surface area contributed by atoms with Crippen molar-refractivity contribution in [2.24, 2.45) is 5.92 Å². The normalized spacial score (nSPS) is 13.6. The lowest BCUT2D eigenvalue weighted by Crippen LogP contribution is -2.37. The van der Waals surface area contributed by atoms with E-state index in [2.05, 4.69) is 166 Å². The van der Waals surface area contributed by atoms with Crippen molar-refractivity contribution in [3.05, 3.63) is 163 Å². The summed E-state index contributed by atoms with van der Waals surface area (Å²) in [4.78, 5) is 0. The number of benzene rings is 5. The van der Waals surface area contributed by atoms with Gasteiger partial charge in [-0.05, 0) is 73.2 Å². The molecule has 232 valence electrons. The van der Waals surface area contributed by atoms with Gasteiger partial charge in [-0.2, -0.15) is 0 Å². The first-order valence-corrected chi connectivity index (χ1v) is 18.4. The Labute approximate surface area is 271 Å². The molecule has 3 heteroatoms. The molecule has 5 rings (SSSR count). The molecule has 0 heterocycles. The minimum Gasteiger partial charge on any atom is -0.376 e. The Hall–Kier alpha value is -3.55. The van der Waals surface area contributed by atoms with E-state index in [-0.39, 0.29) is 5.60 Å². The molecular weight excluding hydrogens is 567 g/mol. The quantitative estimate of drug-likeness (QED) is 0.0971. The number of rotatable bonds is 17. The van der Waals surface area contributed by atoms with E-state index in [1.165, 1.54) is 27.0 Å². The second-order valence-corrected chi connectivity index (χ2v) is 16.1. The van der Waals surface area contributed by atoms with Gasteiger partial charge in [0.2, 0.25) is 0 Å². The van der Waals surface area contributed by atoms with Crippen molar-refractivity contribution in [1.29, 1.82) is 0 Å². The molecular formula is C42H48O2P+. The molecule has 2 nitrogen and oxygen atoms in total. The standard InChI is InChI=1S/C42H48O2P/c1-36(33-43-34-37-20-8-3-9-21-37)19-18-30-42(2,44-35-38-22-10-4-11-23-38)31-32-45(39-24-12-5-13-25-39,40-26-14-6-15-27-40)41-28-16-7-17-29-41/h3-17,20-29,36H,18-19,30-35H2,1-2H3/q+1/t36-,42+/m1/s1. The van der Waals surface area contributed by atoms with Crippen molar-refractivity contribution in [2.45, 2.75) is 58.3 Å². The molecule has 0 aromatic heterocycles. The minimum absolute atomic E-state index is 0.260. The second-order valence-electron chi connectivity index (χ2n) is 12.5. The number of hydrogen-bond donors (Lipinski definition) is 0. The fourth-order valence-corrected chi connectivity index (χ4v) is 10.8. The summed E-state index contributed by atoms with van der Waals surface area (Å²) in [6.45, 7) is 6.74. The third-order valence-electron chi connectivity index (χ3n) is 8.91. The lowest BCUT2D eigenvalue weighted by Gasteiger charge is -2.34. The first-order chi connectivity index (χ1) is 22.1. The van der Waals surface area contributed by atoms with Crippen LogP contribution in [0.2, 0.25) is 0 Å². The first-order valence-electron chi connectivity index (χ1n) is 16.4. The summed E-state index contributed by atoms with van der Waals surface area (Å²) in [5, 5.41) is 4.28. The highest BCUT2D eigenvalue weighted by molar-refractivity contribution is 7.95. The molecule has 0 bridgehead atoms. The zero-order valence-electron chi connectivity index (χ0n) is 26.9. The molecule has 5 aromatic carbocycles. The second kappa shape index (κ2) is 16.7. The molecule has 2 atom stereocenters. The van der Waals surface area contributed by atoms with Gasteiger partial charge in [0.25, 0.3) is 0 Å². The summed E-state index contributed by atoms with van der Waals surface area (Å²) in [7, 11) is -1.94. The van der Waals surface area contributed by atoms with Crippen molar-refractivity contribution in [1.82, 2.24) is 0 Å². The summed E-state index contributed by atoms with van der Waals surface area (Å²) in [6, 6.07) is 54.7. The van der Waals surface area contributed by atoms with E-state index in [1.54, 1.807) is 0 Å². The van der Waals surface area contributed by atoms with Gasteiger partial charge < -0.3 is 9.47 Å². The highest BCUT2D eigenvalue weighted by Crippen LogP contribution is 2.56. The van der Waals surface area contributed by atoms with Crippen molar-refractivity contribution in [3.8, 4) is 0 Å². The Morgan fingerprint density at radius 1 is 0.556 bits per heavy atom. The van der Waals surface area contributed by atoms with Gasteiger partial charge in [-0.25, -0.2) is 0 Å². The molecule has 0 aliphatic heterocycles. The molecule has 0 saturated heterocycles. The van der Waals surface area contributed by atoms with Gasteiger partial charge in [0.05, 0.1) is 25.0 Å². The molecule has 0 aliphatic rings. The molecule has 45 heavy (non-hydrogen) atoms. The monoisotopic (exact) mass is 615 g/mol. The molecule has 0 spiro atoms. The average molecular weight is 616 g/mol. The van der Waals surface area contributed by atoms with E-state index in [1.807, 2.05) is 0 Å². The largest absolute Gasteiger partial charge is 0.376 e. The topological polar surface area (TPSA) is 18.5 Å². The Morgan fingerprint density at radius 2 is 0.978 bits per heavy atom. The highest BCUT2D eigenvalue weighted by atomic mass is 31.2. The average Bonchev–Trinajstić information content (AvgIpc) is 3.10. The zero-order chi connectivity index (χ0) is 31.2. The van der Waals surface area contributed by atoms with Crippen LogP contribution in [0.25, 0.3) is 0 Å². The predicted octanol–water partition coefficient (Wildman–Crippen LogP) is 9.37. The molecule has 0 aliphatic carbocycles. The number of ether oxygens (including phenoxy) is 2. The maximum atomic E-state index is 6.93. The van der Waals surface area contributed by atoms with Crippen molar-refractivity contribution in [2.75, 3.05) is 12.8 Å². The summed E-state index contributed by atoms with van der Waals surface area (Å²) in [5.41, 5.74) is 2.19. The van der Waals surface area contributed by atoms with E-state index in [0.29, 0.717) is 19.1 Å². The van der Waals surface area contributed by atoms with Crippen molar-refractivity contribution < 1.29 is 9.47 Å². The van der Waals surface area contributed by atoms with Gasteiger partial charge in [-0.15, -0.1) is 0 Å². The van der Waals surface area contributed by atoms with Crippen LogP contribution in [0.4, 0.5) is 0 Å². The van der Waals surface area contributed by atoms with Crippen LogP contribution in [0.15, 0.2) is 152 Å². The Kier molecular flexibility index (Phi) is 12.2. The van der Waals surface area contributed by atoms with Gasteiger partial charge in [-0.3, -0.25) is 0 Å². The fourth-order valence-electron chi connectivity index (χ4n) is 6.25. The van der Waals surface area contributed by atoms with Gasteiger partial charge in [0.15, 0.2) is 0 Å². The zero-order valence-corrected chi connectivity index (χ0v) is 27.8. The maximum Gasteiger partial charge on any atom is 0.112 e. The van der Waals surface area contributed by atoms with Crippen molar-refractivity contribution in [3.63, 3.8) is 0 Å². The summed E-state index contributed by atoms with van der Waals surface area (Å²) in [6.07, 6.45) is 5.27. The predicted molar refractivity (Wildman–Crippen MR) is 193 cm³/mol. The van der Waals surface area contributed by atoms with Crippen LogP contribution in [-0.2, 0) is 22.7 Å². The van der Waals surface area contributed by atoms with Crippen LogP contribution in [-0.4, -0.2) is 18.4 Å². The lowest BCUT2D eigenvalue weighted by molar-refractivity contribution is -0.0532. The van der Waals surface area contributed by atoms with E-state index < -0.39 is 7.26 Å². The molecule has 0 fully saturated rings. The van der Waals surface area contributed by atoms with Crippen molar-refractivity contribution >= 4 is 23.2 Å². The van der Waals surface area contributed by atoms with Crippen LogP contribution in [0, 0.1) is 5.92 Å². The SMILES string of the molecule is C[C@H](CCC[C@@](C)(CC[P+](c1ccccc1)(c1ccccc1)c1ccccc1)OCc1ccccc1)COCc1ccccc1. The molecule has 0 unspecified atom stereocenters.